The van der Waals surface area contributed by atoms with Gasteiger partial charge in [-0.3, -0.25) is 19.4 Å². The second-order valence-electron chi connectivity index (χ2n) is 11.8. The molecule has 17 heteroatoms. The summed E-state index contributed by atoms with van der Waals surface area (Å²) in [6.07, 6.45) is 1.05. The van der Waals surface area contributed by atoms with Crippen molar-refractivity contribution in [2.45, 2.75) is 31.7 Å². The number of hydrogen-bond acceptors (Lipinski definition) is 10. The number of carboxylic acid groups (broad SMARTS) is 1. The molecule has 0 aliphatic heterocycles. The van der Waals surface area contributed by atoms with Gasteiger partial charge in [-0.25, -0.2) is 0 Å². The zero-order valence-electron chi connectivity index (χ0n) is 30.3. The number of nitrogens with two attached hydrogens (primary N) is 2. The third-order valence-corrected chi connectivity index (χ3v) is 7.77. The summed E-state index contributed by atoms with van der Waals surface area (Å²) in [6, 6.07) is 18.3. The van der Waals surface area contributed by atoms with Crippen molar-refractivity contribution in [2.24, 2.45) is 21.6 Å². The van der Waals surface area contributed by atoms with Crippen LogP contribution in [-0.2, 0) is 33.3 Å². The van der Waals surface area contributed by atoms with Crippen molar-refractivity contribution in [1.29, 1.82) is 0 Å². The highest BCUT2D eigenvalue weighted by Crippen LogP contribution is 2.35. The maximum absolute atomic E-state index is 12.7. The zero-order valence-corrected chi connectivity index (χ0v) is 30.3. The smallest absolute Gasteiger partial charge is 0.305 e. The SMILES string of the molecule is [N-]=[N+]=NCCOCCOCCOCCOCCOc1ccc(-c2ccc(C(CC(=O)O)NC(=O)CNC(=O)CCCCN=C(N)N)cc2)c2ccccc12. The Labute approximate surface area is 313 Å². The number of carbonyl (C=O) groups is 3. The number of amides is 2. The highest BCUT2D eigenvalue weighted by molar-refractivity contribution is 6.00. The molecule has 0 spiro atoms. The van der Waals surface area contributed by atoms with Crippen molar-refractivity contribution in [3.8, 4) is 16.9 Å². The molecule has 3 aromatic carbocycles. The van der Waals surface area contributed by atoms with Crippen LogP contribution < -0.4 is 26.8 Å². The van der Waals surface area contributed by atoms with E-state index in [1.54, 1.807) is 12.1 Å². The monoisotopic (exact) mass is 750 g/mol. The van der Waals surface area contributed by atoms with Crippen LogP contribution in [0, 0.1) is 0 Å². The lowest BCUT2D eigenvalue weighted by atomic mass is 9.95. The number of azide groups is 1. The first-order chi connectivity index (χ1) is 26.3. The lowest BCUT2D eigenvalue weighted by Gasteiger charge is -2.19. The summed E-state index contributed by atoms with van der Waals surface area (Å²) < 4.78 is 27.9. The minimum Gasteiger partial charge on any atom is -0.491 e. The van der Waals surface area contributed by atoms with Crippen LogP contribution in [0.3, 0.4) is 0 Å². The molecule has 0 bridgehead atoms. The van der Waals surface area contributed by atoms with Gasteiger partial charge in [-0.15, -0.1) is 0 Å². The van der Waals surface area contributed by atoms with Crippen molar-refractivity contribution >= 4 is 34.5 Å². The fourth-order valence-electron chi connectivity index (χ4n) is 5.21. The summed E-state index contributed by atoms with van der Waals surface area (Å²) >= 11 is 0. The average Bonchev–Trinajstić information content (AvgIpc) is 3.16. The number of ether oxygens (including phenoxy) is 5. The topological polar surface area (TPSA) is 255 Å². The average molecular weight is 751 g/mol. The number of aliphatic imine (C=N–C) groups is 1. The van der Waals surface area contributed by atoms with E-state index in [0.29, 0.717) is 96.7 Å². The van der Waals surface area contributed by atoms with Crippen LogP contribution in [0.5, 0.6) is 5.75 Å². The molecule has 0 saturated carbocycles. The Kier molecular flexibility index (Phi) is 20.3. The molecule has 0 saturated heterocycles. The second-order valence-corrected chi connectivity index (χ2v) is 11.8. The molecule has 292 valence electrons. The maximum atomic E-state index is 12.7. The van der Waals surface area contributed by atoms with Crippen LogP contribution in [0.4, 0.5) is 0 Å². The summed E-state index contributed by atoms with van der Waals surface area (Å²) in [5.74, 6) is -1.16. The Bertz CT molecular complexity index is 1680. The second kappa shape index (κ2) is 25.5. The van der Waals surface area contributed by atoms with Gasteiger partial charge in [0.2, 0.25) is 11.8 Å². The highest BCUT2D eigenvalue weighted by Gasteiger charge is 2.19. The van der Waals surface area contributed by atoms with Crippen molar-refractivity contribution in [1.82, 2.24) is 10.6 Å². The molecule has 3 rings (SSSR count). The van der Waals surface area contributed by atoms with Crippen molar-refractivity contribution in [3.63, 3.8) is 0 Å². The summed E-state index contributed by atoms with van der Waals surface area (Å²) in [6.45, 7) is 4.10. The first-order valence-electron chi connectivity index (χ1n) is 17.7. The van der Waals surface area contributed by atoms with E-state index in [0.717, 1.165) is 21.9 Å². The Morgan fingerprint density at radius 3 is 2.02 bits per heavy atom. The normalized spacial score (nSPS) is 11.3. The van der Waals surface area contributed by atoms with Crippen LogP contribution in [-0.4, -0.2) is 108 Å². The van der Waals surface area contributed by atoms with E-state index in [-0.39, 0.29) is 31.3 Å². The quantitative estimate of drug-likeness (QED) is 0.0179. The van der Waals surface area contributed by atoms with E-state index in [1.165, 1.54) is 0 Å². The van der Waals surface area contributed by atoms with Crippen LogP contribution in [0.2, 0.25) is 0 Å². The molecule has 0 radical (unpaired) electrons. The molecular formula is C37H50N8O9. The molecule has 2 amide bonds. The predicted octanol–water partition coefficient (Wildman–Crippen LogP) is 3.45. The number of nitrogens with zero attached hydrogens (tertiary/aromatic N) is 4. The van der Waals surface area contributed by atoms with Crippen LogP contribution in [0.15, 0.2) is 70.8 Å². The number of carbonyl (C=O) groups excluding carboxylic acids is 2. The van der Waals surface area contributed by atoms with Gasteiger partial charge in [0.1, 0.15) is 12.4 Å². The van der Waals surface area contributed by atoms with Gasteiger partial charge in [0.15, 0.2) is 5.96 Å². The van der Waals surface area contributed by atoms with Gasteiger partial charge in [-0.2, -0.15) is 0 Å². The highest BCUT2D eigenvalue weighted by atomic mass is 16.6. The Morgan fingerprint density at radius 1 is 0.759 bits per heavy atom. The largest absolute Gasteiger partial charge is 0.491 e. The number of unbranched alkanes of at least 4 members (excludes halogenated alkanes) is 1. The molecule has 0 fully saturated rings. The molecule has 7 N–H and O–H groups in total. The number of hydrogen-bond donors (Lipinski definition) is 5. The summed E-state index contributed by atoms with van der Waals surface area (Å²) in [4.78, 5) is 43.0. The minimum atomic E-state index is -1.07. The Morgan fingerprint density at radius 2 is 1.39 bits per heavy atom. The minimum absolute atomic E-state index is 0.00607. The number of nitrogens with one attached hydrogen (secondary N) is 2. The van der Waals surface area contributed by atoms with E-state index in [4.69, 9.17) is 40.7 Å². The molecule has 17 nitrogen and oxygen atoms in total. The number of carboxylic acids is 1. The van der Waals surface area contributed by atoms with Crippen molar-refractivity contribution < 1.29 is 43.2 Å². The van der Waals surface area contributed by atoms with Crippen molar-refractivity contribution in [2.75, 3.05) is 79.1 Å². The van der Waals surface area contributed by atoms with Crippen LogP contribution >= 0.6 is 0 Å². The fraction of sp³-hybridized carbons (Fsp3) is 0.459. The number of guanidine groups is 1. The van der Waals surface area contributed by atoms with Gasteiger partial charge in [-0.1, -0.05) is 59.7 Å². The van der Waals surface area contributed by atoms with Gasteiger partial charge in [-0.05, 0) is 46.5 Å². The number of aliphatic carboxylic acids is 1. The maximum Gasteiger partial charge on any atom is 0.305 e. The van der Waals surface area contributed by atoms with Crippen molar-refractivity contribution in [3.05, 3.63) is 76.7 Å². The van der Waals surface area contributed by atoms with Gasteiger partial charge in [0.25, 0.3) is 0 Å². The van der Waals surface area contributed by atoms with E-state index in [9.17, 15) is 19.5 Å². The van der Waals surface area contributed by atoms with E-state index < -0.39 is 17.9 Å². The third-order valence-electron chi connectivity index (χ3n) is 7.77. The van der Waals surface area contributed by atoms with Gasteiger partial charge in [0.05, 0.1) is 71.9 Å². The number of benzene rings is 3. The summed E-state index contributed by atoms with van der Waals surface area (Å²) in [5, 5.41) is 20.1. The Balaban J connectivity index is 1.45. The van der Waals surface area contributed by atoms with E-state index >= 15 is 0 Å². The molecule has 0 aromatic heterocycles. The van der Waals surface area contributed by atoms with E-state index in [1.807, 2.05) is 48.5 Å². The molecular weight excluding hydrogens is 700 g/mol. The van der Waals surface area contributed by atoms with Crippen LogP contribution in [0.25, 0.3) is 32.3 Å². The lowest BCUT2D eigenvalue weighted by Crippen LogP contribution is -2.39. The number of rotatable bonds is 28. The molecule has 0 aliphatic rings. The molecule has 54 heavy (non-hydrogen) atoms. The first-order valence-corrected chi connectivity index (χ1v) is 17.7. The molecule has 1 unspecified atom stereocenters. The van der Waals surface area contributed by atoms with Crippen LogP contribution in [0.1, 0.15) is 37.3 Å². The predicted molar refractivity (Wildman–Crippen MR) is 203 cm³/mol. The molecule has 0 aliphatic carbocycles. The summed E-state index contributed by atoms with van der Waals surface area (Å²) in [5.41, 5.74) is 21.2. The number of fused-ring (bicyclic) bond motifs is 1. The lowest BCUT2D eigenvalue weighted by molar-refractivity contribution is -0.138. The van der Waals surface area contributed by atoms with Gasteiger partial charge in [0, 0.05) is 29.8 Å². The molecule has 0 heterocycles. The summed E-state index contributed by atoms with van der Waals surface area (Å²) in [7, 11) is 0. The third kappa shape index (κ3) is 16.9. The van der Waals surface area contributed by atoms with Gasteiger partial charge >= 0.3 is 5.97 Å². The first kappa shape index (κ1) is 43.0. The van der Waals surface area contributed by atoms with Gasteiger partial charge < -0.3 is 50.9 Å². The van der Waals surface area contributed by atoms with E-state index in [2.05, 4.69) is 25.7 Å². The zero-order chi connectivity index (χ0) is 38.8. The standard InChI is InChI=1S/C37H50N8O9/c38-37(39)41-14-4-3-7-34(46)42-26-35(47)44-32(25-36(48)49)28-10-8-27(9-11-28)29-12-13-33(31-6-2-1-5-30(29)31)54-24-23-53-22-21-52-20-19-51-18-17-50-16-15-43-45-40/h1-2,5-6,8-13,32H,3-4,7,14-26H2,(H,42,46)(H,44,47)(H,48,49)(H4,38,39,41). The Hall–Kier alpha value is -5.45. The molecule has 1 atom stereocenters. The fourth-order valence-corrected chi connectivity index (χ4v) is 5.21. The molecule has 3 aromatic rings.